The summed E-state index contributed by atoms with van der Waals surface area (Å²) >= 11 is 1.51. The highest BCUT2D eigenvalue weighted by atomic mass is 32.2. The van der Waals surface area contributed by atoms with Crippen molar-refractivity contribution in [2.24, 2.45) is 5.92 Å². The molecule has 2 aromatic rings. The molecule has 1 aliphatic heterocycles. The van der Waals surface area contributed by atoms with Gasteiger partial charge in [-0.2, -0.15) is 0 Å². The Hall–Kier alpha value is -1.73. The van der Waals surface area contributed by atoms with Crippen LogP contribution in [-0.2, 0) is 26.0 Å². The standard InChI is InChI=1S/C17H19NO4S2/c1-12-2-4-14(5-3-12)17-18-15(10-23-17)9-22-16(19)8-13-6-7-24(20,21)11-13/h2-5,10,13H,6-9,11H2,1H3/t13-/m0/s1. The van der Waals surface area contributed by atoms with Crippen molar-refractivity contribution in [3.8, 4) is 10.6 Å². The number of carbonyl (C=O) groups excluding carboxylic acids is 1. The number of hydrogen-bond donors (Lipinski definition) is 0. The largest absolute Gasteiger partial charge is 0.459 e. The predicted molar refractivity (Wildman–Crippen MR) is 93.5 cm³/mol. The summed E-state index contributed by atoms with van der Waals surface area (Å²) in [6.45, 7) is 2.16. The van der Waals surface area contributed by atoms with Gasteiger partial charge in [0.2, 0.25) is 0 Å². The number of thiazole rings is 1. The highest BCUT2D eigenvalue weighted by molar-refractivity contribution is 7.91. The van der Waals surface area contributed by atoms with Gasteiger partial charge in [-0.1, -0.05) is 29.8 Å². The number of esters is 1. The maximum atomic E-state index is 11.9. The number of rotatable bonds is 5. The van der Waals surface area contributed by atoms with Crippen molar-refractivity contribution in [2.45, 2.75) is 26.4 Å². The molecule has 1 aromatic heterocycles. The molecule has 1 fully saturated rings. The van der Waals surface area contributed by atoms with E-state index in [1.165, 1.54) is 16.9 Å². The fourth-order valence-electron chi connectivity index (χ4n) is 2.68. The molecular weight excluding hydrogens is 346 g/mol. The lowest BCUT2D eigenvalue weighted by Gasteiger charge is -2.07. The first-order valence-corrected chi connectivity index (χ1v) is 10.5. The smallest absolute Gasteiger partial charge is 0.306 e. The molecule has 2 heterocycles. The van der Waals surface area contributed by atoms with Gasteiger partial charge in [-0.05, 0) is 19.3 Å². The van der Waals surface area contributed by atoms with Gasteiger partial charge in [-0.15, -0.1) is 11.3 Å². The second-order valence-electron chi connectivity index (χ2n) is 6.14. The van der Waals surface area contributed by atoms with Crippen LogP contribution < -0.4 is 0 Å². The van der Waals surface area contributed by atoms with Crippen molar-refractivity contribution in [3.05, 3.63) is 40.9 Å². The van der Waals surface area contributed by atoms with E-state index < -0.39 is 9.84 Å². The van der Waals surface area contributed by atoms with Gasteiger partial charge in [-0.25, -0.2) is 13.4 Å². The zero-order valence-electron chi connectivity index (χ0n) is 13.4. The Labute approximate surface area is 145 Å². The van der Waals surface area contributed by atoms with Crippen molar-refractivity contribution in [3.63, 3.8) is 0 Å². The van der Waals surface area contributed by atoms with E-state index in [9.17, 15) is 13.2 Å². The molecule has 128 valence electrons. The predicted octanol–water partition coefficient (Wildman–Crippen LogP) is 2.99. The number of sulfone groups is 1. The van der Waals surface area contributed by atoms with E-state index in [2.05, 4.69) is 4.98 Å². The molecule has 1 aromatic carbocycles. The lowest BCUT2D eigenvalue weighted by atomic mass is 10.1. The third-order valence-electron chi connectivity index (χ3n) is 4.01. The molecule has 1 saturated heterocycles. The van der Waals surface area contributed by atoms with Gasteiger partial charge < -0.3 is 4.74 Å². The van der Waals surface area contributed by atoms with Gasteiger partial charge in [-0.3, -0.25) is 4.79 Å². The Balaban J connectivity index is 1.52. The third kappa shape index (κ3) is 4.42. The first-order chi connectivity index (χ1) is 11.4. The Kier molecular flexibility index (Phi) is 5.01. The fourth-order valence-corrected chi connectivity index (χ4v) is 5.36. The molecule has 0 N–H and O–H groups in total. The van der Waals surface area contributed by atoms with Crippen LogP contribution in [0.25, 0.3) is 10.6 Å². The Morgan fingerprint density at radius 1 is 1.33 bits per heavy atom. The van der Waals surface area contributed by atoms with E-state index in [-0.39, 0.29) is 36.4 Å². The van der Waals surface area contributed by atoms with Gasteiger partial charge in [0.1, 0.15) is 11.6 Å². The molecule has 1 atom stereocenters. The van der Waals surface area contributed by atoms with Crippen LogP contribution in [0.4, 0.5) is 0 Å². The lowest BCUT2D eigenvalue weighted by molar-refractivity contribution is -0.146. The van der Waals surface area contributed by atoms with E-state index in [1.54, 1.807) is 0 Å². The average molecular weight is 365 g/mol. The molecule has 0 spiro atoms. The summed E-state index contributed by atoms with van der Waals surface area (Å²) in [6.07, 6.45) is 0.708. The second-order valence-corrected chi connectivity index (χ2v) is 9.23. The molecule has 5 nitrogen and oxygen atoms in total. The molecular formula is C17H19NO4S2. The zero-order chi connectivity index (χ0) is 17.2. The number of aromatic nitrogens is 1. The fraction of sp³-hybridized carbons (Fsp3) is 0.412. The maximum Gasteiger partial charge on any atom is 0.306 e. The topological polar surface area (TPSA) is 73.3 Å². The minimum atomic E-state index is -2.96. The lowest BCUT2D eigenvalue weighted by Crippen LogP contribution is -2.13. The number of carbonyl (C=O) groups is 1. The quantitative estimate of drug-likeness (QED) is 0.762. The summed E-state index contributed by atoms with van der Waals surface area (Å²) in [5.74, 6) is -0.198. The van der Waals surface area contributed by atoms with Crippen molar-refractivity contribution < 1.29 is 17.9 Å². The van der Waals surface area contributed by atoms with E-state index in [4.69, 9.17) is 4.74 Å². The number of nitrogens with zero attached hydrogens (tertiary/aromatic N) is 1. The minimum Gasteiger partial charge on any atom is -0.459 e. The average Bonchev–Trinajstić information content (AvgIpc) is 3.12. The highest BCUT2D eigenvalue weighted by Crippen LogP contribution is 2.25. The minimum absolute atomic E-state index is 0.0936. The highest BCUT2D eigenvalue weighted by Gasteiger charge is 2.29. The normalized spacial score (nSPS) is 19.3. The van der Waals surface area contributed by atoms with Crippen molar-refractivity contribution >= 4 is 27.1 Å². The van der Waals surface area contributed by atoms with Crippen LogP contribution in [0.5, 0.6) is 0 Å². The summed E-state index contributed by atoms with van der Waals surface area (Å²) in [7, 11) is -2.96. The SMILES string of the molecule is Cc1ccc(-c2nc(COC(=O)C[C@@H]3CCS(=O)(=O)C3)cs2)cc1. The Morgan fingerprint density at radius 3 is 2.75 bits per heavy atom. The molecule has 0 saturated carbocycles. The van der Waals surface area contributed by atoms with E-state index >= 15 is 0 Å². The molecule has 0 bridgehead atoms. The molecule has 0 amide bonds. The van der Waals surface area contributed by atoms with Crippen LogP contribution in [0, 0.1) is 12.8 Å². The van der Waals surface area contributed by atoms with Crippen molar-refractivity contribution in [2.75, 3.05) is 11.5 Å². The van der Waals surface area contributed by atoms with Crippen LogP contribution in [0.2, 0.25) is 0 Å². The summed E-state index contributed by atoms with van der Waals surface area (Å²) in [6, 6.07) is 8.10. The maximum absolute atomic E-state index is 11.9. The van der Waals surface area contributed by atoms with Gasteiger partial charge in [0, 0.05) is 17.4 Å². The number of benzene rings is 1. The molecule has 24 heavy (non-hydrogen) atoms. The van der Waals surface area contributed by atoms with Gasteiger partial charge in [0.05, 0.1) is 17.2 Å². The van der Waals surface area contributed by atoms with Crippen LogP contribution >= 0.6 is 11.3 Å². The molecule has 7 heteroatoms. The van der Waals surface area contributed by atoms with Gasteiger partial charge in [0.25, 0.3) is 0 Å². The molecule has 3 rings (SSSR count). The zero-order valence-corrected chi connectivity index (χ0v) is 15.0. The van der Waals surface area contributed by atoms with Crippen LogP contribution in [0.1, 0.15) is 24.1 Å². The van der Waals surface area contributed by atoms with Crippen molar-refractivity contribution in [1.82, 2.24) is 4.98 Å². The second kappa shape index (κ2) is 7.03. The monoisotopic (exact) mass is 365 g/mol. The summed E-state index contributed by atoms with van der Waals surface area (Å²) in [5, 5.41) is 2.77. The van der Waals surface area contributed by atoms with Gasteiger partial charge >= 0.3 is 5.97 Å². The first-order valence-electron chi connectivity index (χ1n) is 7.79. The van der Waals surface area contributed by atoms with E-state index in [0.29, 0.717) is 12.1 Å². The number of ether oxygens (including phenoxy) is 1. The summed E-state index contributed by atoms with van der Waals surface area (Å²) in [5.41, 5.74) is 2.95. The first kappa shape index (κ1) is 17.1. The van der Waals surface area contributed by atoms with E-state index in [0.717, 1.165) is 10.6 Å². The summed E-state index contributed by atoms with van der Waals surface area (Å²) in [4.78, 5) is 16.3. The van der Waals surface area contributed by atoms with Crippen LogP contribution in [0.15, 0.2) is 29.6 Å². The van der Waals surface area contributed by atoms with Crippen LogP contribution in [0.3, 0.4) is 0 Å². The van der Waals surface area contributed by atoms with Crippen LogP contribution in [-0.4, -0.2) is 30.9 Å². The van der Waals surface area contributed by atoms with E-state index in [1.807, 2.05) is 36.6 Å². The third-order valence-corrected chi connectivity index (χ3v) is 6.79. The summed E-state index contributed by atoms with van der Waals surface area (Å²) < 4.78 is 28.0. The van der Waals surface area contributed by atoms with Crippen molar-refractivity contribution in [1.29, 1.82) is 0 Å². The molecule has 0 radical (unpaired) electrons. The Bertz CT molecular complexity index is 825. The molecule has 0 aliphatic carbocycles. The number of aryl methyl sites for hydroxylation is 1. The van der Waals surface area contributed by atoms with Gasteiger partial charge in [0.15, 0.2) is 9.84 Å². The number of hydrogen-bond acceptors (Lipinski definition) is 6. The molecule has 1 aliphatic rings. The molecule has 0 unspecified atom stereocenters. The Morgan fingerprint density at radius 2 is 2.08 bits per heavy atom.